The SMILES string of the molecule is O=C(C1CC1)C1CN(c2nc(-c3ccncc3)nc3ccccc23)CCO1. The van der Waals surface area contributed by atoms with Gasteiger partial charge in [-0.3, -0.25) is 9.78 Å². The first-order valence-corrected chi connectivity index (χ1v) is 9.37. The lowest BCUT2D eigenvalue weighted by atomic mass is 10.1. The first kappa shape index (κ1) is 16.3. The maximum absolute atomic E-state index is 12.5. The lowest BCUT2D eigenvalue weighted by Crippen LogP contribution is -2.47. The predicted octanol–water partition coefficient (Wildman–Crippen LogP) is 2.88. The molecule has 2 aliphatic rings. The number of para-hydroxylation sites is 1. The molecule has 1 aliphatic heterocycles. The van der Waals surface area contributed by atoms with Gasteiger partial charge in [0.25, 0.3) is 0 Å². The number of ether oxygens (including phenoxy) is 1. The lowest BCUT2D eigenvalue weighted by molar-refractivity contribution is -0.132. The van der Waals surface area contributed by atoms with Crippen molar-refractivity contribution in [2.45, 2.75) is 18.9 Å². The Labute approximate surface area is 157 Å². The zero-order chi connectivity index (χ0) is 18.2. The molecular weight excluding hydrogens is 340 g/mol. The highest BCUT2D eigenvalue weighted by Crippen LogP contribution is 2.33. The van der Waals surface area contributed by atoms with E-state index in [2.05, 4.69) is 9.88 Å². The Balaban J connectivity index is 1.56. The van der Waals surface area contributed by atoms with Crippen LogP contribution >= 0.6 is 0 Å². The van der Waals surface area contributed by atoms with E-state index in [-0.39, 0.29) is 17.8 Å². The van der Waals surface area contributed by atoms with Crippen LogP contribution in [0.15, 0.2) is 48.8 Å². The molecule has 3 aromatic rings. The first-order chi connectivity index (χ1) is 13.3. The summed E-state index contributed by atoms with van der Waals surface area (Å²) in [6.07, 6.45) is 5.13. The minimum atomic E-state index is -0.357. The summed E-state index contributed by atoms with van der Waals surface area (Å²) in [5, 5.41) is 0.995. The molecule has 2 fully saturated rings. The van der Waals surface area contributed by atoms with Gasteiger partial charge in [-0.2, -0.15) is 0 Å². The summed E-state index contributed by atoms with van der Waals surface area (Å²) >= 11 is 0. The second-order valence-electron chi connectivity index (χ2n) is 7.11. The van der Waals surface area contributed by atoms with Crippen LogP contribution in [0.3, 0.4) is 0 Å². The number of anilines is 1. The molecule has 1 saturated carbocycles. The Morgan fingerprint density at radius 2 is 1.89 bits per heavy atom. The molecule has 1 atom stereocenters. The largest absolute Gasteiger partial charge is 0.367 e. The highest BCUT2D eigenvalue weighted by Gasteiger charge is 2.38. The monoisotopic (exact) mass is 360 g/mol. The first-order valence-electron chi connectivity index (χ1n) is 9.37. The van der Waals surface area contributed by atoms with Crippen molar-refractivity contribution >= 4 is 22.5 Å². The average molecular weight is 360 g/mol. The maximum Gasteiger partial charge on any atom is 0.166 e. The van der Waals surface area contributed by atoms with Crippen molar-refractivity contribution in [3.63, 3.8) is 0 Å². The molecule has 0 N–H and O–H groups in total. The van der Waals surface area contributed by atoms with Crippen LogP contribution in [0.4, 0.5) is 5.82 Å². The Kier molecular flexibility index (Phi) is 4.05. The zero-order valence-electron chi connectivity index (χ0n) is 14.9. The summed E-state index contributed by atoms with van der Waals surface area (Å²) in [4.78, 5) is 28.3. The summed E-state index contributed by atoms with van der Waals surface area (Å²) in [5.41, 5.74) is 1.82. The van der Waals surface area contributed by atoms with E-state index < -0.39 is 0 Å². The molecule has 6 nitrogen and oxygen atoms in total. The van der Waals surface area contributed by atoms with Crippen molar-refractivity contribution in [2.75, 3.05) is 24.6 Å². The smallest absolute Gasteiger partial charge is 0.166 e. The van der Waals surface area contributed by atoms with Crippen LogP contribution in [-0.4, -0.2) is 46.5 Å². The van der Waals surface area contributed by atoms with E-state index in [1.54, 1.807) is 12.4 Å². The van der Waals surface area contributed by atoms with Crippen molar-refractivity contribution in [3.05, 3.63) is 48.8 Å². The molecule has 0 amide bonds. The number of pyridine rings is 1. The highest BCUT2D eigenvalue weighted by molar-refractivity contribution is 5.92. The van der Waals surface area contributed by atoms with E-state index in [4.69, 9.17) is 14.7 Å². The summed E-state index contributed by atoms with van der Waals surface area (Å²) < 4.78 is 5.78. The van der Waals surface area contributed by atoms with Gasteiger partial charge in [-0.05, 0) is 37.1 Å². The third-order valence-electron chi connectivity index (χ3n) is 5.18. The van der Waals surface area contributed by atoms with E-state index >= 15 is 0 Å². The summed E-state index contributed by atoms with van der Waals surface area (Å²) in [6, 6.07) is 11.8. The predicted molar refractivity (Wildman–Crippen MR) is 102 cm³/mol. The van der Waals surface area contributed by atoms with Gasteiger partial charge in [0.2, 0.25) is 0 Å². The second kappa shape index (κ2) is 6.70. The number of nitrogens with zero attached hydrogens (tertiary/aromatic N) is 4. The lowest BCUT2D eigenvalue weighted by Gasteiger charge is -2.33. The van der Waals surface area contributed by atoms with Gasteiger partial charge in [0.15, 0.2) is 11.6 Å². The van der Waals surface area contributed by atoms with Crippen molar-refractivity contribution in [1.82, 2.24) is 15.0 Å². The quantitative estimate of drug-likeness (QED) is 0.713. The van der Waals surface area contributed by atoms with E-state index in [0.717, 1.165) is 35.1 Å². The van der Waals surface area contributed by atoms with E-state index in [1.165, 1.54) is 0 Å². The van der Waals surface area contributed by atoms with Gasteiger partial charge in [-0.15, -0.1) is 0 Å². The van der Waals surface area contributed by atoms with Gasteiger partial charge < -0.3 is 9.64 Å². The molecule has 136 valence electrons. The number of benzene rings is 1. The Morgan fingerprint density at radius 1 is 1.07 bits per heavy atom. The summed E-state index contributed by atoms with van der Waals surface area (Å²) in [5.74, 6) is 1.98. The van der Waals surface area contributed by atoms with Gasteiger partial charge >= 0.3 is 0 Å². The zero-order valence-corrected chi connectivity index (χ0v) is 14.9. The van der Waals surface area contributed by atoms with Crippen molar-refractivity contribution < 1.29 is 9.53 Å². The van der Waals surface area contributed by atoms with Crippen molar-refractivity contribution in [2.24, 2.45) is 5.92 Å². The number of carbonyl (C=O) groups excluding carboxylic acids is 1. The third kappa shape index (κ3) is 3.17. The third-order valence-corrected chi connectivity index (χ3v) is 5.18. The number of Topliss-reactive ketones (excluding diaryl/α,β-unsaturated/α-hetero) is 1. The van der Waals surface area contributed by atoms with Gasteiger partial charge in [0.05, 0.1) is 18.7 Å². The van der Waals surface area contributed by atoms with Crippen LogP contribution in [0.2, 0.25) is 0 Å². The minimum absolute atomic E-state index is 0.199. The van der Waals surface area contributed by atoms with Gasteiger partial charge in [-0.1, -0.05) is 12.1 Å². The summed E-state index contributed by atoms with van der Waals surface area (Å²) in [6.45, 7) is 1.80. The number of rotatable bonds is 4. The minimum Gasteiger partial charge on any atom is -0.367 e. The normalized spacial score (nSPS) is 20.0. The van der Waals surface area contributed by atoms with Gasteiger partial charge in [0, 0.05) is 35.8 Å². The molecule has 1 aromatic carbocycles. The molecular formula is C21H20N4O2. The fourth-order valence-electron chi connectivity index (χ4n) is 3.58. The van der Waals surface area contributed by atoms with Crippen LogP contribution in [0.1, 0.15) is 12.8 Å². The molecule has 5 rings (SSSR count). The van der Waals surface area contributed by atoms with Crippen molar-refractivity contribution in [1.29, 1.82) is 0 Å². The van der Waals surface area contributed by atoms with Crippen molar-refractivity contribution in [3.8, 4) is 11.4 Å². The molecule has 27 heavy (non-hydrogen) atoms. The molecule has 1 saturated heterocycles. The molecule has 3 heterocycles. The molecule has 1 aliphatic carbocycles. The average Bonchev–Trinajstić information content (AvgIpc) is 3.58. The molecule has 0 bridgehead atoms. The highest BCUT2D eigenvalue weighted by atomic mass is 16.5. The number of ketones is 1. The number of hydrogen-bond acceptors (Lipinski definition) is 6. The van der Waals surface area contributed by atoms with Crippen LogP contribution in [0, 0.1) is 5.92 Å². The number of carbonyl (C=O) groups is 1. The molecule has 2 aromatic heterocycles. The number of fused-ring (bicyclic) bond motifs is 1. The fraction of sp³-hybridized carbons (Fsp3) is 0.333. The molecule has 0 radical (unpaired) electrons. The number of hydrogen-bond donors (Lipinski definition) is 0. The Bertz CT molecular complexity index is 988. The second-order valence-corrected chi connectivity index (χ2v) is 7.11. The maximum atomic E-state index is 12.5. The molecule has 0 spiro atoms. The van der Waals surface area contributed by atoms with Gasteiger partial charge in [0.1, 0.15) is 11.9 Å². The van der Waals surface area contributed by atoms with Crippen LogP contribution in [-0.2, 0) is 9.53 Å². The summed E-state index contributed by atoms with van der Waals surface area (Å²) in [7, 11) is 0. The Hall–Kier alpha value is -2.86. The fourth-order valence-corrected chi connectivity index (χ4v) is 3.58. The number of aromatic nitrogens is 3. The molecule has 6 heteroatoms. The van der Waals surface area contributed by atoms with E-state index in [1.807, 2.05) is 36.4 Å². The van der Waals surface area contributed by atoms with Crippen LogP contribution < -0.4 is 4.90 Å². The van der Waals surface area contributed by atoms with E-state index in [9.17, 15) is 4.79 Å². The van der Waals surface area contributed by atoms with E-state index in [0.29, 0.717) is 25.5 Å². The van der Waals surface area contributed by atoms with Gasteiger partial charge in [-0.25, -0.2) is 9.97 Å². The van der Waals surface area contributed by atoms with Crippen LogP contribution in [0.5, 0.6) is 0 Å². The topological polar surface area (TPSA) is 68.2 Å². The standard InChI is InChI=1S/C21H20N4O2/c26-19(14-5-6-14)18-13-25(11-12-27-18)21-16-3-1-2-4-17(16)23-20(24-21)15-7-9-22-10-8-15/h1-4,7-10,14,18H,5-6,11-13H2. The Morgan fingerprint density at radius 3 is 2.70 bits per heavy atom. The molecule has 1 unspecified atom stereocenters. The number of morpholine rings is 1. The van der Waals surface area contributed by atoms with Crippen LogP contribution in [0.25, 0.3) is 22.3 Å².